The zero-order chi connectivity index (χ0) is 58.2. The molecule has 30 heteroatoms. The molecule has 0 aliphatic heterocycles. The van der Waals surface area contributed by atoms with Crippen molar-refractivity contribution in [3.05, 3.63) is 163 Å². The van der Waals surface area contributed by atoms with Gasteiger partial charge in [0, 0.05) is 0 Å². The van der Waals surface area contributed by atoms with Crippen LogP contribution in [0.2, 0.25) is 0 Å². The number of nitrogens with zero attached hydrogens (tertiary/aromatic N) is 1. The Balaban J connectivity index is 0.00000262. The van der Waals surface area contributed by atoms with Crippen molar-refractivity contribution in [3.8, 4) is 0 Å². The number of hydrogen-bond acceptors (Lipinski definition) is 1. The average Bonchev–Trinajstić information content (AvgIpc) is 3.86. The van der Waals surface area contributed by atoms with Gasteiger partial charge in [0.05, 0.1) is 44.5 Å². The fourth-order valence-electron chi connectivity index (χ4n) is 6.99. The van der Waals surface area contributed by atoms with Crippen molar-refractivity contribution in [1.82, 2.24) is 4.81 Å². The Kier molecular flexibility index (Phi) is 24.5. The first-order valence-corrected chi connectivity index (χ1v) is 19.8. The Labute approximate surface area is 423 Å². The molecule has 3 nitrogen and oxygen atoms in total. The van der Waals surface area contributed by atoms with Gasteiger partial charge in [0.1, 0.15) is 6.15 Å². The van der Waals surface area contributed by atoms with E-state index in [1.807, 2.05) is 36.9 Å². The Morgan fingerprint density at radius 1 is 0.320 bits per heavy atom. The number of halogens is 24. The number of hydrogen-bond donors (Lipinski definition) is 0. The third kappa shape index (κ3) is 19.1. The maximum absolute atomic E-state index is 14.2. The third-order valence-corrected chi connectivity index (χ3v) is 10.2. The topological polar surface area (TPSA) is 43.0 Å². The molecule has 409 valence electrons. The van der Waals surface area contributed by atoms with Gasteiger partial charge >= 0.3 is 89.1 Å². The second-order valence-electron chi connectivity index (χ2n) is 15.8. The van der Waals surface area contributed by atoms with Crippen molar-refractivity contribution in [2.24, 2.45) is 0 Å². The molecule has 7 radical (unpaired) electrons. The van der Waals surface area contributed by atoms with Crippen LogP contribution in [0.25, 0.3) is 0 Å². The first kappa shape index (κ1) is 70.3. The number of rotatable bonds is 6. The van der Waals surface area contributed by atoms with Crippen molar-refractivity contribution in [1.29, 1.82) is 0 Å². The van der Waals surface area contributed by atoms with E-state index >= 15 is 0 Å². The molecular weight excluding hydrogens is 1120 g/mol. The monoisotopic (exact) mass is 1150 g/mol. The van der Waals surface area contributed by atoms with E-state index in [4.69, 9.17) is 17.3 Å². The van der Waals surface area contributed by atoms with Gasteiger partial charge in [-0.2, -0.15) is 127 Å². The fraction of sp³-hybridized carbons (Fsp3) is 0.311. The molecule has 0 atom stereocenters. The predicted octanol–water partition coefficient (Wildman–Crippen LogP) is 13.3. The van der Waals surface area contributed by atoms with Crippen molar-refractivity contribution < 1.29 is 132 Å². The van der Waals surface area contributed by atoms with Crippen LogP contribution < -0.4 is 21.9 Å². The molecule has 0 amide bonds. The molecule has 0 saturated heterocycles. The summed E-state index contributed by atoms with van der Waals surface area (Å²) in [6.07, 6.45) is -44.8. The minimum atomic E-state index is -6.13. The molecule has 4 aromatic carbocycles. The van der Waals surface area contributed by atoms with Gasteiger partial charge < -0.3 is 4.81 Å². The van der Waals surface area contributed by atoms with Gasteiger partial charge in [-0.25, -0.2) is 0 Å². The quantitative estimate of drug-likeness (QED) is 0.0821. The standard InChI is InChI=1S/C32H12BF24.C6H14BN.C5H5.2CO.Fe/c34-25(35,36)13-1-14(26(37,38)39)6-21(5-13)33(22-7-15(27(40,41)42)2-16(8-22)28(43,44)45,23-9-17(29(46,47)48)3-18(10-23)30(49,50)51)24-11-19(31(52,53)54)4-20(12-24)32(55,56)57;1-5(2)8(7)6(3)4;1-2-4-5-3-1;2*1-2;/h1-12H;5-6H,1-4H3;1-5H;;;/q-1;;;;;+2. The van der Waals surface area contributed by atoms with Crippen molar-refractivity contribution in [3.63, 3.8) is 0 Å². The molecule has 0 bridgehead atoms. The summed E-state index contributed by atoms with van der Waals surface area (Å²) in [5, 5.41) is 0. The maximum Gasteiger partial charge on any atom is 2.00 e. The van der Waals surface area contributed by atoms with Gasteiger partial charge in [-0.1, -0.05) is 76.2 Å². The van der Waals surface area contributed by atoms with E-state index in [1.54, 1.807) is 0 Å². The summed E-state index contributed by atoms with van der Waals surface area (Å²) in [4.78, 5) is 1.83. The first-order chi connectivity index (χ1) is 33.3. The summed E-state index contributed by atoms with van der Waals surface area (Å²) in [6, 6.07) is -7.90. The van der Waals surface area contributed by atoms with Gasteiger partial charge in [0.25, 0.3) is 0 Å². The van der Waals surface area contributed by atoms with Gasteiger partial charge in [-0.15, -0.1) is 0 Å². The number of benzene rings is 4. The summed E-state index contributed by atoms with van der Waals surface area (Å²) >= 11 is 0. The van der Waals surface area contributed by atoms with Crippen LogP contribution in [-0.2, 0) is 75.8 Å². The van der Waals surface area contributed by atoms with Crippen molar-refractivity contribution >= 4 is 36.0 Å². The predicted molar refractivity (Wildman–Crippen MR) is 217 cm³/mol. The summed E-state index contributed by atoms with van der Waals surface area (Å²) in [5.41, 5.74) is -30.2. The zero-order valence-electron chi connectivity index (χ0n) is 37.8. The first-order valence-electron chi connectivity index (χ1n) is 19.8. The zero-order valence-corrected chi connectivity index (χ0v) is 38.9. The smallest absolute Gasteiger partial charge is 0.0312 e. The molecule has 0 unspecified atom stereocenters. The molecule has 0 spiro atoms. The molecule has 0 N–H and O–H groups in total. The molecular formula is C45H31B2F24FeNO2+. The van der Waals surface area contributed by atoms with Gasteiger partial charge in [-0.3, -0.25) is 0 Å². The SMILES string of the molecule is FC(F)(F)c1cc([B-](c2cc(C(F)(F)F)cc(C(F)(F)F)c2)(c2cc(C(F)(F)F)cc(C(F)(F)F)c2)c2cc(C(F)(F)F)cc(C(F)(F)F)c2)cc(C(F)(F)F)c1.[B]N(C(C)C)C(C)C.[C-]#[O+].[C-]#[O+].[CH]1[CH][CH][CH][CH]1.[Fe+2]. The Hall–Kier alpha value is -4.71. The fourth-order valence-corrected chi connectivity index (χ4v) is 6.99. The third-order valence-electron chi connectivity index (χ3n) is 10.2. The molecule has 1 fully saturated rings. The largest absolute Gasteiger partial charge is 2.00 e. The minimum Gasteiger partial charge on any atom is -0.0312 e. The Morgan fingerprint density at radius 3 is 0.520 bits per heavy atom. The van der Waals surface area contributed by atoms with Gasteiger partial charge in [-0.05, 0) is 68.5 Å². The van der Waals surface area contributed by atoms with Crippen LogP contribution in [0, 0.1) is 45.4 Å². The van der Waals surface area contributed by atoms with E-state index < -0.39 is 195 Å². The van der Waals surface area contributed by atoms with Crippen LogP contribution >= 0.6 is 0 Å². The van der Waals surface area contributed by atoms with Crippen LogP contribution in [-0.4, -0.2) is 31.0 Å². The Bertz CT molecular complexity index is 2050. The second kappa shape index (κ2) is 26.1. The summed E-state index contributed by atoms with van der Waals surface area (Å²) in [7, 11) is 5.59. The molecule has 1 saturated carbocycles. The van der Waals surface area contributed by atoms with E-state index in [2.05, 4.69) is 41.0 Å². The second-order valence-corrected chi connectivity index (χ2v) is 15.8. The van der Waals surface area contributed by atoms with Crippen LogP contribution in [0.15, 0.2) is 72.8 Å². The van der Waals surface area contributed by atoms with Crippen LogP contribution in [0.1, 0.15) is 72.2 Å². The average molecular weight is 1150 g/mol. The number of alkyl halides is 24. The summed E-state index contributed by atoms with van der Waals surface area (Å²) in [6.45, 7) is 17.3. The van der Waals surface area contributed by atoms with Gasteiger partial charge in [0.15, 0.2) is 7.98 Å². The van der Waals surface area contributed by atoms with Crippen LogP contribution in [0.4, 0.5) is 105 Å². The van der Waals surface area contributed by atoms with E-state index in [9.17, 15) is 105 Å². The van der Waals surface area contributed by atoms with Crippen molar-refractivity contribution in [2.45, 2.75) is 89.2 Å². The van der Waals surface area contributed by atoms with E-state index in [1.165, 1.54) is 0 Å². The van der Waals surface area contributed by atoms with Crippen LogP contribution in [0.3, 0.4) is 0 Å². The van der Waals surface area contributed by atoms with Gasteiger partial charge in [0.2, 0.25) is 0 Å². The Morgan fingerprint density at radius 2 is 0.440 bits per heavy atom. The van der Waals surface area contributed by atoms with E-state index in [0.717, 1.165) is 0 Å². The molecule has 0 aromatic heterocycles. The summed E-state index contributed by atoms with van der Waals surface area (Å²) in [5.74, 6) is 0. The molecule has 1 aliphatic carbocycles. The summed E-state index contributed by atoms with van der Waals surface area (Å²) < 4.78 is 356. The van der Waals surface area contributed by atoms with E-state index in [0.29, 0.717) is 12.1 Å². The minimum absolute atomic E-state index is 0. The molecule has 75 heavy (non-hydrogen) atoms. The normalized spacial score (nSPS) is 13.8. The molecule has 0 heterocycles. The van der Waals surface area contributed by atoms with E-state index in [-0.39, 0.29) is 17.1 Å². The van der Waals surface area contributed by atoms with Crippen molar-refractivity contribution in [2.75, 3.05) is 0 Å². The maximum atomic E-state index is 14.2. The molecule has 1 aliphatic rings. The molecule has 5 rings (SSSR count). The molecule has 4 aromatic rings. The van der Waals surface area contributed by atoms with Crippen LogP contribution in [0.5, 0.6) is 0 Å².